The van der Waals surface area contributed by atoms with Crippen molar-refractivity contribution < 1.29 is 14.8 Å². The summed E-state index contributed by atoms with van der Waals surface area (Å²) in [5, 5.41) is 19.9. The number of aliphatic carboxylic acids is 1. The van der Waals surface area contributed by atoms with Gasteiger partial charge < -0.3 is 5.11 Å². The Balaban J connectivity index is 2.04. The molecule has 1 aliphatic carbocycles. The Morgan fingerprint density at radius 2 is 1.68 bits per heavy atom. The van der Waals surface area contributed by atoms with Gasteiger partial charge in [-0.25, -0.2) is 4.79 Å². The Kier molecular flexibility index (Phi) is 3.31. The maximum atomic E-state index is 11.3. The lowest BCUT2D eigenvalue weighted by Crippen LogP contribution is -1.97. The summed E-state index contributed by atoms with van der Waals surface area (Å²) in [6.07, 6.45) is 3.44. The number of hydrogen-bond donors (Lipinski definition) is 1. The minimum atomic E-state index is -0.973. The van der Waals surface area contributed by atoms with Crippen molar-refractivity contribution in [2.45, 2.75) is 0 Å². The quantitative estimate of drug-likeness (QED) is 0.692. The van der Waals surface area contributed by atoms with Gasteiger partial charge in [0.1, 0.15) is 0 Å². The SMILES string of the molecule is O=C(O)C1=CC(=Cc2ccc([N+](=O)[O-])cc2)c2ccccc21. The molecular weight excluding hydrogens is 282 g/mol. The molecule has 0 saturated carbocycles. The Hall–Kier alpha value is -3.21. The van der Waals surface area contributed by atoms with E-state index < -0.39 is 10.9 Å². The first kappa shape index (κ1) is 13.8. The summed E-state index contributed by atoms with van der Waals surface area (Å²) >= 11 is 0. The molecule has 0 spiro atoms. The summed E-state index contributed by atoms with van der Waals surface area (Å²) in [7, 11) is 0. The molecule has 0 saturated heterocycles. The van der Waals surface area contributed by atoms with Crippen LogP contribution in [0.15, 0.2) is 54.6 Å². The van der Waals surface area contributed by atoms with Crippen molar-refractivity contribution in [2.24, 2.45) is 0 Å². The topological polar surface area (TPSA) is 80.4 Å². The van der Waals surface area contributed by atoms with Gasteiger partial charge in [-0.05, 0) is 46.5 Å². The van der Waals surface area contributed by atoms with Crippen molar-refractivity contribution in [2.75, 3.05) is 0 Å². The summed E-state index contributed by atoms with van der Waals surface area (Å²) in [6.45, 7) is 0. The van der Waals surface area contributed by atoms with Gasteiger partial charge in [0, 0.05) is 12.1 Å². The second kappa shape index (κ2) is 5.29. The van der Waals surface area contributed by atoms with Crippen molar-refractivity contribution in [3.05, 3.63) is 81.4 Å². The number of nitro groups is 1. The molecule has 1 aliphatic rings. The van der Waals surface area contributed by atoms with Crippen molar-refractivity contribution in [1.82, 2.24) is 0 Å². The highest BCUT2D eigenvalue weighted by Gasteiger charge is 2.22. The zero-order valence-electron chi connectivity index (χ0n) is 11.4. The van der Waals surface area contributed by atoms with Crippen molar-refractivity contribution in [1.29, 1.82) is 0 Å². The number of hydrogen-bond acceptors (Lipinski definition) is 3. The number of non-ortho nitro benzene ring substituents is 1. The first-order valence-electron chi connectivity index (χ1n) is 6.57. The molecule has 22 heavy (non-hydrogen) atoms. The number of allylic oxidation sites excluding steroid dienone is 2. The molecule has 0 fully saturated rings. The number of nitro benzene ring substituents is 1. The highest BCUT2D eigenvalue weighted by molar-refractivity contribution is 6.23. The Morgan fingerprint density at radius 3 is 2.27 bits per heavy atom. The minimum Gasteiger partial charge on any atom is -0.478 e. The van der Waals surface area contributed by atoms with E-state index in [1.807, 2.05) is 18.2 Å². The second-order valence-corrected chi connectivity index (χ2v) is 4.86. The van der Waals surface area contributed by atoms with Crippen LogP contribution >= 0.6 is 0 Å². The number of nitrogens with zero attached hydrogens (tertiary/aromatic N) is 1. The Morgan fingerprint density at radius 1 is 1.05 bits per heavy atom. The maximum Gasteiger partial charge on any atom is 0.336 e. The third kappa shape index (κ3) is 2.40. The van der Waals surface area contributed by atoms with E-state index in [-0.39, 0.29) is 11.3 Å². The van der Waals surface area contributed by atoms with Crippen molar-refractivity contribution >= 4 is 28.9 Å². The molecule has 1 N–H and O–H groups in total. The van der Waals surface area contributed by atoms with E-state index in [2.05, 4.69) is 0 Å². The van der Waals surface area contributed by atoms with Crippen LogP contribution in [0.5, 0.6) is 0 Å². The van der Waals surface area contributed by atoms with Crippen molar-refractivity contribution in [3.8, 4) is 0 Å². The van der Waals surface area contributed by atoms with E-state index in [1.54, 1.807) is 30.3 Å². The highest BCUT2D eigenvalue weighted by Crippen LogP contribution is 2.36. The average Bonchev–Trinajstić information content (AvgIpc) is 2.87. The first-order valence-corrected chi connectivity index (χ1v) is 6.57. The lowest BCUT2D eigenvalue weighted by Gasteiger charge is -2.02. The van der Waals surface area contributed by atoms with Crippen LogP contribution in [0.1, 0.15) is 16.7 Å². The normalized spacial score (nSPS) is 14.5. The largest absolute Gasteiger partial charge is 0.478 e. The summed E-state index contributed by atoms with van der Waals surface area (Å²) in [6, 6.07) is 13.4. The Labute approximate surface area is 126 Å². The molecule has 3 rings (SSSR count). The molecule has 2 aromatic rings. The van der Waals surface area contributed by atoms with Crippen molar-refractivity contribution in [3.63, 3.8) is 0 Å². The lowest BCUT2D eigenvalue weighted by atomic mass is 10.0. The van der Waals surface area contributed by atoms with Crippen LogP contribution in [0.3, 0.4) is 0 Å². The van der Waals surface area contributed by atoms with Crippen LogP contribution in [-0.2, 0) is 4.79 Å². The van der Waals surface area contributed by atoms with Gasteiger partial charge >= 0.3 is 5.97 Å². The molecule has 5 nitrogen and oxygen atoms in total. The lowest BCUT2D eigenvalue weighted by molar-refractivity contribution is -0.384. The molecule has 0 heterocycles. The molecule has 5 heteroatoms. The van der Waals surface area contributed by atoms with E-state index in [0.717, 1.165) is 16.7 Å². The fourth-order valence-corrected chi connectivity index (χ4v) is 2.45. The molecule has 0 aromatic heterocycles. The van der Waals surface area contributed by atoms with Crippen LogP contribution in [0.25, 0.3) is 17.2 Å². The fraction of sp³-hybridized carbons (Fsp3) is 0. The van der Waals surface area contributed by atoms with Crippen LogP contribution < -0.4 is 0 Å². The zero-order chi connectivity index (χ0) is 15.7. The number of carboxylic acids is 1. The third-order valence-electron chi connectivity index (χ3n) is 3.48. The van der Waals surface area contributed by atoms with Crippen LogP contribution in [0.2, 0.25) is 0 Å². The number of carboxylic acid groups (broad SMARTS) is 1. The summed E-state index contributed by atoms with van der Waals surface area (Å²) in [5.41, 5.74) is 3.36. The number of fused-ring (bicyclic) bond motifs is 1. The molecule has 0 radical (unpaired) electrons. The number of rotatable bonds is 3. The fourth-order valence-electron chi connectivity index (χ4n) is 2.45. The third-order valence-corrected chi connectivity index (χ3v) is 3.48. The second-order valence-electron chi connectivity index (χ2n) is 4.86. The Bertz CT molecular complexity index is 832. The van der Waals surface area contributed by atoms with Gasteiger partial charge in [0.25, 0.3) is 5.69 Å². The predicted octanol–water partition coefficient (Wildman–Crippen LogP) is 3.62. The van der Waals surface area contributed by atoms with Gasteiger partial charge in [0.15, 0.2) is 0 Å². The first-order chi connectivity index (χ1) is 10.6. The number of benzene rings is 2. The molecule has 0 bridgehead atoms. The van der Waals surface area contributed by atoms with Gasteiger partial charge in [-0.2, -0.15) is 0 Å². The monoisotopic (exact) mass is 293 g/mol. The van der Waals surface area contributed by atoms with E-state index in [9.17, 15) is 20.0 Å². The van der Waals surface area contributed by atoms with Crippen LogP contribution in [-0.4, -0.2) is 16.0 Å². The summed E-state index contributed by atoms with van der Waals surface area (Å²) in [4.78, 5) is 21.5. The van der Waals surface area contributed by atoms with Crippen LogP contribution in [0.4, 0.5) is 5.69 Å². The van der Waals surface area contributed by atoms with Gasteiger partial charge in [0.05, 0.1) is 10.5 Å². The van der Waals surface area contributed by atoms with E-state index in [4.69, 9.17) is 0 Å². The summed E-state index contributed by atoms with van der Waals surface area (Å²) < 4.78 is 0. The molecule has 0 unspecified atom stereocenters. The number of carbonyl (C=O) groups is 1. The predicted molar refractivity (Wildman–Crippen MR) is 83.0 cm³/mol. The molecule has 2 aromatic carbocycles. The zero-order valence-corrected chi connectivity index (χ0v) is 11.4. The van der Waals surface area contributed by atoms with Crippen LogP contribution in [0, 0.1) is 10.1 Å². The summed E-state index contributed by atoms with van der Waals surface area (Å²) in [5.74, 6) is -0.973. The van der Waals surface area contributed by atoms with Gasteiger partial charge in [-0.1, -0.05) is 24.3 Å². The van der Waals surface area contributed by atoms with E-state index >= 15 is 0 Å². The van der Waals surface area contributed by atoms with Gasteiger partial charge in [0.2, 0.25) is 0 Å². The maximum absolute atomic E-state index is 11.3. The molecule has 108 valence electrons. The highest BCUT2D eigenvalue weighted by atomic mass is 16.6. The standard InChI is InChI=1S/C17H11NO4/c19-17(20)16-10-12(14-3-1-2-4-15(14)16)9-11-5-7-13(8-6-11)18(21)22/h1-10H,(H,19,20). The molecule has 0 atom stereocenters. The minimum absolute atomic E-state index is 0.0238. The van der Waals surface area contributed by atoms with Gasteiger partial charge in [-0.3, -0.25) is 10.1 Å². The average molecular weight is 293 g/mol. The smallest absolute Gasteiger partial charge is 0.336 e. The van der Waals surface area contributed by atoms with E-state index in [0.29, 0.717) is 5.56 Å². The molecule has 0 amide bonds. The van der Waals surface area contributed by atoms with E-state index in [1.165, 1.54) is 12.1 Å². The molecular formula is C17H11NO4. The van der Waals surface area contributed by atoms with Gasteiger partial charge in [-0.15, -0.1) is 0 Å². The molecule has 0 aliphatic heterocycles.